The summed E-state index contributed by atoms with van der Waals surface area (Å²) in [4.78, 5) is 7.80. The van der Waals surface area contributed by atoms with Crippen LogP contribution in [0.4, 0.5) is 13.2 Å². The highest BCUT2D eigenvalue weighted by Crippen LogP contribution is 2.40. The molecule has 0 amide bonds. The number of fused-ring (bicyclic) bond motifs is 1. The Morgan fingerprint density at radius 2 is 1.94 bits per heavy atom. The summed E-state index contributed by atoms with van der Waals surface area (Å²) in [5, 5.41) is 15.2. The van der Waals surface area contributed by atoms with E-state index < -0.39 is 48.6 Å². The maximum Gasteiger partial charge on any atom is 0.435 e. The number of aryl methyl sites for hydroxylation is 1. The van der Waals surface area contributed by atoms with Gasteiger partial charge in [0.15, 0.2) is 17.8 Å². The maximum atomic E-state index is 13.7. The number of rotatable bonds is 3. The molecule has 35 heavy (non-hydrogen) atoms. The van der Waals surface area contributed by atoms with Gasteiger partial charge in [-0.2, -0.15) is 18.3 Å². The Hall–Kier alpha value is -2.42. The highest BCUT2D eigenvalue weighted by atomic mass is 79.9. The van der Waals surface area contributed by atoms with E-state index in [-0.39, 0.29) is 23.9 Å². The van der Waals surface area contributed by atoms with E-state index in [1.54, 1.807) is 0 Å². The third kappa shape index (κ3) is 4.59. The van der Waals surface area contributed by atoms with E-state index in [9.17, 15) is 18.3 Å². The molecule has 0 aliphatic carbocycles. The average Bonchev–Trinajstić information content (AvgIpc) is 3.22. The van der Waals surface area contributed by atoms with Crippen molar-refractivity contribution in [3.05, 3.63) is 70.0 Å². The van der Waals surface area contributed by atoms with Crippen LogP contribution >= 0.6 is 15.9 Å². The summed E-state index contributed by atoms with van der Waals surface area (Å²) >= 11 is 3.15. The number of pyridine rings is 1. The van der Waals surface area contributed by atoms with E-state index in [4.69, 9.17) is 19.9 Å². The van der Waals surface area contributed by atoms with Crippen LogP contribution < -0.4 is 5.73 Å². The number of hydrogen-bond acceptors (Lipinski definition) is 8. The topological polar surface area (TPSA) is 118 Å². The van der Waals surface area contributed by atoms with Crippen LogP contribution in [0.3, 0.4) is 0 Å². The van der Waals surface area contributed by atoms with Gasteiger partial charge in [-0.3, -0.25) is 0 Å². The zero-order valence-electron chi connectivity index (χ0n) is 18.3. The van der Waals surface area contributed by atoms with E-state index in [1.165, 1.54) is 13.0 Å². The Morgan fingerprint density at radius 1 is 1.20 bits per heavy atom. The molecule has 3 aromatic rings. The lowest BCUT2D eigenvalue weighted by molar-refractivity contribution is -0.309. The summed E-state index contributed by atoms with van der Waals surface area (Å²) in [6.45, 7) is 1.62. The van der Waals surface area contributed by atoms with Crippen molar-refractivity contribution in [3.63, 3.8) is 0 Å². The van der Waals surface area contributed by atoms with Crippen molar-refractivity contribution in [3.8, 4) is 5.69 Å². The molecule has 0 spiro atoms. The van der Waals surface area contributed by atoms with E-state index in [2.05, 4.69) is 31.0 Å². The summed E-state index contributed by atoms with van der Waals surface area (Å²) in [7, 11) is 0. The SMILES string of the molecule is Cc1nc([C@@H]2OC3COC(c4ccccc4)O[C@@H]3[C@H](N)C2O)n(-c2cc(Br)cnc2C(F)(F)F)n1. The Labute approximate surface area is 206 Å². The molecule has 13 heteroatoms. The molecule has 9 nitrogen and oxygen atoms in total. The summed E-state index contributed by atoms with van der Waals surface area (Å²) < 4.78 is 60.3. The van der Waals surface area contributed by atoms with E-state index in [0.29, 0.717) is 4.47 Å². The number of benzene rings is 1. The van der Waals surface area contributed by atoms with Gasteiger partial charge in [-0.15, -0.1) is 0 Å². The monoisotopic (exact) mass is 555 g/mol. The fraction of sp³-hybridized carbons (Fsp3) is 0.409. The Balaban J connectivity index is 1.47. The standard InChI is InChI=1S/C22H21BrF3N5O4/c1-10-29-20(31(30-10)13-7-12(23)8-28-19(13)22(24,25)26)18-16(32)15(27)17-14(34-18)9-33-21(35-17)11-5-3-2-4-6-11/h2-8,14-18,21,32H,9,27H2,1H3/t14?,15-,16?,17+,18-,21?/m1/s1. The van der Waals surface area contributed by atoms with E-state index >= 15 is 0 Å². The second kappa shape index (κ2) is 9.22. The van der Waals surface area contributed by atoms with Crippen molar-refractivity contribution >= 4 is 15.9 Å². The molecule has 0 bridgehead atoms. The largest absolute Gasteiger partial charge is 0.435 e. The van der Waals surface area contributed by atoms with Crippen LogP contribution in [-0.2, 0) is 20.4 Å². The molecule has 3 unspecified atom stereocenters. The first-order valence-electron chi connectivity index (χ1n) is 10.7. The first-order chi connectivity index (χ1) is 16.6. The minimum atomic E-state index is -4.75. The molecular formula is C22H21BrF3N5O4. The smallest absolute Gasteiger partial charge is 0.388 e. The number of alkyl halides is 3. The lowest BCUT2D eigenvalue weighted by Gasteiger charge is -2.46. The predicted molar refractivity (Wildman–Crippen MR) is 118 cm³/mol. The van der Waals surface area contributed by atoms with Crippen LogP contribution in [0.5, 0.6) is 0 Å². The molecule has 186 valence electrons. The fourth-order valence-electron chi connectivity index (χ4n) is 4.27. The van der Waals surface area contributed by atoms with Gasteiger partial charge in [-0.25, -0.2) is 14.6 Å². The number of halogens is 4. The van der Waals surface area contributed by atoms with E-state index in [1.807, 2.05) is 30.3 Å². The molecule has 2 aliphatic heterocycles. The second-order valence-electron chi connectivity index (χ2n) is 8.29. The molecule has 6 atom stereocenters. The van der Waals surface area contributed by atoms with E-state index in [0.717, 1.165) is 16.4 Å². The molecule has 2 fully saturated rings. The number of ether oxygens (including phenoxy) is 3. The number of nitrogens with two attached hydrogens (primary N) is 1. The van der Waals surface area contributed by atoms with Crippen molar-refractivity contribution in [1.29, 1.82) is 0 Å². The normalized spacial score (nSPS) is 29.1. The molecule has 2 aliphatic rings. The van der Waals surface area contributed by atoms with Gasteiger partial charge in [0.25, 0.3) is 0 Å². The number of aliphatic hydroxyl groups excluding tert-OH is 1. The quantitative estimate of drug-likeness (QED) is 0.506. The molecule has 3 N–H and O–H groups in total. The number of hydrogen-bond donors (Lipinski definition) is 2. The van der Waals surface area contributed by atoms with Gasteiger partial charge in [0, 0.05) is 16.2 Å². The van der Waals surface area contributed by atoms with Gasteiger partial charge in [0.2, 0.25) is 0 Å². The van der Waals surface area contributed by atoms with Gasteiger partial charge in [0.1, 0.15) is 30.2 Å². The fourth-order valence-corrected chi connectivity index (χ4v) is 4.59. The summed E-state index contributed by atoms with van der Waals surface area (Å²) in [5.41, 5.74) is 5.61. The molecule has 2 aromatic heterocycles. The average molecular weight is 556 g/mol. The first-order valence-corrected chi connectivity index (χ1v) is 11.5. The van der Waals surface area contributed by atoms with Gasteiger partial charge in [-0.1, -0.05) is 30.3 Å². The van der Waals surface area contributed by atoms with Crippen LogP contribution in [0.15, 0.2) is 47.1 Å². The lowest BCUT2D eigenvalue weighted by Crippen LogP contribution is -2.62. The van der Waals surface area contributed by atoms with Crippen molar-refractivity contribution in [2.75, 3.05) is 6.61 Å². The third-order valence-corrected chi connectivity index (χ3v) is 6.29. The molecule has 2 saturated heterocycles. The van der Waals surface area contributed by atoms with Crippen LogP contribution in [-0.4, -0.2) is 55.8 Å². The lowest BCUT2D eigenvalue weighted by atomic mass is 9.92. The Morgan fingerprint density at radius 3 is 2.66 bits per heavy atom. The second-order valence-corrected chi connectivity index (χ2v) is 9.20. The zero-order chi connectivity index (χ0) is 24.9. The molecular weight excluding hydrogens is 535 g/mol. The summed E-state index contributed by atoms with van der Waals surface area (Å²) in [6, 6.07) is 9.53. The minimum absolute atomic E-state index is 0.0421. The van der Waals surface area contributed by atoms with Crippen LogP contribution in [0.25, 0.3) is 5.69 Å². The molecule has 0 saturated carbocycles. The summed E-state index contributed by atoms with van der Waals surface area (Å²) in [5.74, 6) is 0.138. The number of nitrogens with zero attached hydrogens (tertiary/aromatic N) is 4. The Bertz CT molecular complexity index is 1210. The van der Waals surface area contributed by atoms with Crippen molar-refractivity contribution in [2.45, 2.75) is 49.8 Å². The zero-order valence-corrected chi connectivity index (χ0v) is 19.8. The Kier molecular flexibility index (Phi) is 6.40. The van der Waals surface area contributed by atoms with Crippen LogP contribution in [0, 0.1) is 6.92 Å². The van der Waals surface area contributed by atoms with Gasteiger partial charge < -0.3 is 25.1 Å². The maximum absolute atomic E-state index is 13.7. The summed E-state index contributed by atoms with van der Waals surface area (Å²) in [6.07, 6.45) is -8.33. The van der Waals surface area contributed by atoms with Gasteiger partial charge in [0.05, 0.1) is 18.3 Å². The van der Waals surface area contributed by atoms with Gasteiger partial charge >= 0.3 is 6.18 Å². The van der Waals surface area contributed by atoms with Crippen molar-refractivity contribution in [2.24, 2.45) is 5.73 Å². The number of aliphatic hydroxyl groups is 1. The molecule has 1 aromatic carbocycles. The predicted octanol–water partition coefficient (Wildman–Crippen LogP) is 2.99. The molecule has 0 radical (unpaired) electrons. The molecule has 5 rings (SSSR count). The highest BCUT2D eigenvalue weighted by Gasteiger charge is 2.50. The van der Waals surface area contributed by atoms with Gasteiger partial charge in [-0.05, 0) is 28.9 Å². The van der Waals surface area contributed by atoms with Crippen LogP contribution in [0.1, 0.15) is 35.3 Å². The van der Waals surface area contributed by atoms with Crippen LogP contribution in [0.2, 0.25) is 0 Å². The minimum Gasteiger partial charge on any atom is -0.388 e. The highest BCUT2D eigenvalue weighted by molar-refractivity contribution is 9.10. The first kappa shape index (κ1) is 24.3. The molecule has 4 heterocycles. The van der Waals surface area contributed by atoms with Crippen molar-refractivity contribution in [1.82, 2.24) is 19.7 Å². The number of aromatic nitrogens is 4. The van der Waals surface area contributed by atoms with Crippen molar-refractivity contribution < 1.29 is 32.5 Å². The third-order valence-electron chi connectivity index (χ3n) is 5.86.